The zero-order valence-corrected chi connectivity index (χ0v) is 9.81. The summed E-state index contributed by atoms with van der Waals surface area (Å²) in [6, 6.07) is 0.171. The lowest BCUT2D eigenvalue weighted by molar-refractivity contribution is -0.173. The minimum Gasteiger partial charge on any atom is -0.339 e. The Morgan fingerprint density at radius 2 is 2.25 bits per heavy atom. The quantitative estimate of drug-likeness (QED) is 0.685. The maximum Gasteiger partial charge on any atom is 0.251 e. The summed E-state index contributed by atoms with van der Waals surface area (Å²) in [6.45, 7) is 5.74. The molecule has 0 radical (unpaired) electrons. The van der Waals surface area contributed by atoms with Crippen molar-refractivity contribution in [3.05, 3.63) is 0 Å². The van der Waals surface area contributed by atoms with E-state index in [1.807, 2.05) is 13.8 Å². The highest BCUT2D eigenvalue weighted by Crippen LogP contribution is 2.23. The van der Waals surface area contributed by atoms with E-state index in [-0.39, 0.29) is 23.8 Å². The summed E-state index contributed by atoms with van der Waals surface area (Å²) in [5.74, 6) is -0.172. The van der Waals surface area contributed by atoms with Crippen LogP contribution in [0.1, 0.15) is 26.7 Å². The third-order valence-electron chi connectivity index (χ3n) is 3.13. The van der Waals surface area contributed by atoms with Crippen molar-refractivity contribution in [2.45, 2.75) is 32.7 Å². The largest absolute Gasteiger partial charge is 0.339 e. The van der Waals surface area contributed by atoms with Crippen molar-refractivity contribution >= 4 is 11.8 Å². The Hall–Kier alpha value is -1.10. The first kappa shape index (κ1) is 11.4. The Kier molecular flexibility index (Phi) is 3.14. The molecule has 0 aliphatic carbocycles. The molecule has 16 heavy (non-hydrogen) atoms. The average Bonchev–Trinajstić information content (AvgIpc) is 2.84. The molecule has 2 rings (SSSR count). The fourth-order valence-corrected chi connectivity index (χ4v) is 2.22. The second kappa shape index (κ2) is 4.41. The van der Waals surface area contributed by atoms with Gasteiger partial charge in [-0.05, 0) is 20.3 Å². The van der Waals surface area contributed by atoms with Gasteiger partial charge in [0.25, 0.3) is 5.91 Å². The van der Waals surface area contributed by atoms with Crippen LogP contribution in [0, 0.1) is 5.92 Å². The van der Waals surface area contributed by atoms with E-state index in [1.54, 1.807) is 4.90 Å². The monoisotopic (exact) mass is 226 g/mol. The molecule has 2 fully saturated rings. The van der Waals surface area contributed by atoms with Crippen LogP contribution in [0.4, 0.5) is 0 Å². The molecule has 0 aromatic rings. The fourth-order valence-electron chi connectivity index (χ4n) is 2.22. The molecule has 2 heterocycles. The molecular formula is C11H18N2O3. The summed E-state index contributed by atoms with van der Waals surface area (Å²) in [5.41, 5.74) is 0. The van der Waals surface area contributed by atoms with Crippen molar-refractivity contribution in [3.8, 4) is 0 Å². The van der Waals surface area contributed by atoms with Crippen molar-refractivity contribution in [3.63, 3.8) is 0 Å². The maximum absolute atomic E-state index is 12.0. The van der Waals surface area contributed by atoms with Crippen LogP contribution in [-0.2, 0) is 14.4 Å². The Morgan fingerprint density at radius 3 is 2.75 bits per heavy atom. The highest BCUT2D eigenvalue weighted by Gasteiger charge is 2.38. The highest BCUT2D eigenvalue weighted by molar-refractivity contribution is 5.89. The molecule has 90 valence electrons. The summed E-state index contributed by atoms with van der Waals surface area (Å²) in [4.78, 5) is 30.6. The van der Waals surface area contributed by atoms with Gasteiger partial charge in [-0.2, -0.15) is 0 Å². The van der Waals surface area contributed by atoms with Gasteiger partial charge in [-0.25, -0.2) is 5.06 Å². The van der Waals surface area contributed by atoms with Crippen molar-refractivity contribution in [2.75, 3.05) is 19.7 Å². The third kappa shape index (κ3) is 2.04. The van der Waals surface area contributed by atoms with Crippen LogP contribution in [0.5, 0.6) is 0 Å². The van der Waals surface area contributed by atoms with Crippen LogP contribution in [0.25, 0.3) is 0 Å². The van der Waals surface area contributed by atoms with E-state index in [2.05, 4.69) is 0 Å². The normalized spacial score (nSPS) is 25.9. The van der Waals surface area contributed by atoms with Crippen LogP contribution >= 0.6 is 0 Å². The van der Waals surface area contributed by atoms with E-state index in [4.69, 9.17) is 4.84 Å². The lowest BCUT2D eigenvalue weighted by atomic mass is 10.1. The van der Waals surface area contributed by atoms with Crippen LogP contribution in [0.3, 0.4) is 0 Å². The van der Waals surface area contributed by atoms with Gasteiger partial charge in [-0.3, -0.25) is 14.4 Å². The van der Waals surface area contributed by atoms with E-state index in [0.29, 0.717) is 26.1 Å². The van der Waals surface area contributed by atoms with Crippen molar-refractivity contribution in [1.29, 1.82) is 0 Å². The predicted octanol–water partition coefficient (Wildman–Crippen LogP) is 0.407. The SMILES string of the molecule is CC(C)N1CC(C(=O)N2CCCO2)CC1=O. The lowest BCUT2D eigenvalue weighted by Crippen LogP contribution is -2.36. The number of hydrogen-bond donors (Lipinski definition) is 0. The van der Waals surface area contributed by atoms with Gasteiger partial charge in [0, 0.05) is 19.0 Å². The summed E-state index contributed by atoms with van der Waals surface area (Å²) in [5, 5.41) is 1.42. The summed E-state index contributed by atoms with van der Waals surface area (Å²) in [6.07, 6.45) is 1.22. The molecule has 5 heteroatoms. The van der Waals surface area contributed by atoms with Gasteiger partial charge in [0.15, 0.2) is 0 Å². The lowest BCUT2D eigenvalue weighted by Gasteiger charge is -2.22. The molecule has 0 aromatic carbocycles. The number of likely N-dealkylation sites (tertiary alicyclic amines) is 1. The van der Waals surface area contributed by atoms with Crippen LogP contribution < -0.4 is 0 Å². The number of nitrogens with zero attached hydrogens (tertiary/aromatic N) is 2. The Balaban J connectivity index is 1.96. The van der Waals surface area contributed by atoms with Crippen molar-refractivity contribution in [2.24, 2.45) is 5.92 Å². The maximum atomic E-state index is 12.0. The van der Waals surface area contributed by atoms with E-state index in [9.17, 15) is 9.59 Å². The van der Waals surface area contributed by atoms with Gasteiger partial charge < -0.3 is 4.90 Å². The van der Waals surface area contributed by atoms with E-state index >= 15 is 0 Å². The van der Waals surface area contributed by atoms with E-state index in [1.165, 1.54) is 5.06 Å². The number of hydroxylamine groups is 2. The molecular weight excluding hydrogens is 208 g/mol. The zero-order valence-electron chi connectivity index (χ0n) is 9.81. The highest BCUT2D eigenvalue weighted by atomic mass is 16.7. The van der Waals surface area contributed by atoms with Gasteiger partial charge in [0.1, 0.15) is 0 Å². The Bertz CT molecular complexity index is 298. The summed E-state index contributed by atoms with van der Waals surface area (Å²) >= 11 is 0. The number of hydrogen-bond acceptors (Lipinski definition) is 3. The second-order valence-electron chi connectivity index (χ2n) is 4.67. The summed E-state index contributed by atoms with van der Waals surface area (Å²) in [7, 11) is 0. The van der Waals surface area contributed by atoms with Gasteiger partial charge in [-0.15, -0.1) is 0 Å². The Labute approximate surface area is 95.3 Å². The molecule has 0 N–H and O–H groups in total. The number of carbonyl (C=O) groups excluding carboxylic acids is 2. The van der Waals surface area contributed by atoms with Crippen molar-refractivity contribution < 1.29 is 14.4 Å². The standard InChI is InChI=1S/C11H18N2O3/c1-8(2)12-7-9(6-10(12)14)11(15)13-4-3-5-16-13/h8-9H,3-7H2,1-2H3. The first-order valence-corrected chi connectivity index (χ1v) is 5.83. The molecule has 1 unspecified atom stereocenters. The zero-order chi connectivity index (χ0) is 11.7. The first-order chi connectivity index (χ1) is 7.59. The number of amides is 2. The Morgan fingerprint density at radius 1 is 1.50 bits per heavy atom. The van der Waals surface area contributed by atoms with E-state index < -0.39 is 0 Å². The molecule has 2 saturated heterocycles. The molecule has 1 atom stereocenters. The number of carbonyl (C=O) groups is 2. The molecule has 2 aliphatic heterocycles. The second-order valence-corrected chi connectivity index (χ2v) is 4.67. The molecule has 0 saturated carbocycles. The average molecular weight is 226 g/mol. The van der Waals surface area contributed by atoms with Gasteiger partial charge >= 0.3 is 0 Å². The number of rotatable bonds is 2. The topological polar surface area (TPSA) is 49.9 Å². The smallest absolute Gasteiger partial charge is 0.251 e. The third-order valence-corrected chi connectivity index (χ3v) is 3.13. The van der Waals surface area contributed by atoms with Crippen LogP contribution in [-0.4, -0.2) is 47.5 Å². The summed E-state index contributed by atoms with van der Waals surface area (Å²) < 4.78 is 0. The fraction of sp³-hybridized carbons (Fsp3) is 0.818. The molecule has 0 spiro atoms. The van der Waals surface area contributed by atoms with Crippen LogP contribution in [0.15, 0.2) is 0 Å². The van der Waals surface area contributed by atoms with Gasteiger partial charge in [-0.1, -0.05) is 0 Å². The molecule has 5 nitrogen and oxygen atoms in total. The molecule has 2 aliphatic rings. The van der Waals surface area contributed by atoms with Crippen LogP contribution in [0.2, 0.25) is 0 Å². The van der Waals surface area contributed by atoms with Gasteiger partial charge in [0.05, 0.1) is 19.1 Å². The first-order valence-electron chi connectivity index (χ1n) is 5.83. The molecule has 0 bridgehead atoms. The minimum absolute atomic E-state index is 0.0333. The molecule has 0 aromatic heterocycles. The van der Waals surface area contributed by atoms with E-state index in [0.717, 1.165) is 6.42 Å². The minimum atomic E-state index is -0.215. The molecule has 2 amide bonds. The predicted molar refractivity (Wildman–Crippen MR) is 57.2 cm³/mol. The van der Waals surface area contributed by atoms with Crippen molar-refractivity contribution in [1.82, 2.24) is 9.96 Å². The van der Waals surface area contributed by atoms with Gasteiger partial charge in [0.2, 0.25) is 5.91 Å².